The summed E-state index contributed by atoms with van der Waals surface area (Å²) >= 11 is 0. The summed E-state index contributed by atoms with van der Waals surface area (Å²) in [7, 11) is 1.59. The maximum Gasteiger partial charge on any atom is 0.314 e. The number of benzene rings is 2. The van der Waals surface area contributed by atoms with Gasteiger partial charge < -0.3 is 9.84 Å². The maximum atomic E-state index is 11.9. The van der Waals surface area contributed by atoms with E-state index in [0.29, 0.717) is 24.5 Å². The van der Waals surface area contributed by atoms with E-state index in [1.165, 1.54) is 5.56 Å². The monoisotopic (exact) mass is 282 g/mol. The van der Waals surface area contributed by atoms with Gasteiger partial charge in [-0.3, -0.25) is 4.79 Å². The quantitative estimate of drug-likeness (QED) is 0.932. The lowest BCUT2D eigenvalue weighted by Crippen LogP contribution is -2.47. The molecule has 3 rings (SSSR count). The fraction of sp³-hybridized carbons (Fsp3) is 0.278. The van der Waals surface area contributed by atoms with Gasteiger partial charge in [-0.25, -0.2) is 0 Å². The molecule has 0 amide bonds. The zero-order valence-corrected chi connectivity index (χ0v) is 12.0. The molecule has 3 nitrogen and oxygen atoms in total. The molecule has 0 aromatic heterocycles. The summed E-state index contributed by atoms with van der Waals surface area (Å²) in [6.07, 6.45) is 1.24. The molecule has 0 bridgehead atoms. The molecule has 1 N–H and O–H groups in total. The van der Waals surface area contributed by atoms with Gasteiger partial charge in [0.15, 0.2) is 0 Å². The molecule has 1 aliphatic carbocycles. The van der Waals surface area contributed by atoms with Gasteiger partial charge in [0.1, 0.15) is 5.75 Å². The van der Waals surface area contributed by atoms with E-state index in [4.69, 9.17) is 4.74 Å². The van der Waals surface area contributed by atoms with Crippen LogP contribution in [0.4, 0.5) is 0 Å². The van der Waals surface area contributed by atoms with Crippen LogP contribution in [0.3, 0.4) is 0 Å². The molecule has 0 spiro atoms. The topological polar surface area (TPSA) is 46.5 Å². The van der Waals surface area contributed by atoms with Crippen molar-refractivity contribution in [1.82, 2.24) is 0 Å². The van der Waals surface area contributed by atoms with Gasteiger partial charge in [-0.2, -0.15) is 0 Å². The van der Waals surface area contributed by atoms with Crippen LogP contribution >= 0.6 is 0 Å². The van der Waals surface area contributed by atoms with E-state index in [0.717, 1.165) is 5.56 Å². The Kier molecular flexibility index (Phi) is 3.42. The Balaban J connectivity index is 1.93. The van der Waals surface area contributed by atoms with Gasteiger partial charge in [0.25, 0.3) is 0 Å². The summed E-state index contributed by atoms with van der Waals surface area (Å²) in [6.45, 7) is 0. The van der Waals surface area contributed by atoms with E-state index in [1.807, 2.05) is 42.5 Å². The van der Waals surface area contributed by atoms with Gasteiger partial charge in [0.05, 0.1) is 12.5 Å². The molecule has 0 heterocycles. The highest BCUT2D eigenvalue weighted by Crippen LogP contribution is 2.54. The largest absolute Gasteiger partial charge is 0.496 e. The standard InChI is InChI=1S/C18H18O3/c1-21-16-10-6-5-9-15(16)18(17(19)20)11-14(12-18)13-7-3-2-4-8-13/h2-10,14H,11-12H2,1H3,(H,19,20). The molecule has 21 heavy (non-hydrogen) atoms. The third-order valence-corrected chi connectivity index (χ3v) is 4.49. The minimum Gasteiger partial charge on any atom is -0.496 e. The van der Waals surface area contributed by atoms with Crippen LogP contribution in [-0.4, -0.2) is 18.2 Å². The molecule has 2 aromatic rings. The van der Waals surface area contributed by atoms with E-state index in [9.17, 15) is 9.90 Å². The highest BCUT2D eigenvalue weighted by Gasteiger charge is 2.53. The van der Waals surface area contributed by atoms with Gasteiger partial charge in [0, 0.05) is 5.56 Å². The highest BCUT2D eigenvalue weighted by atomic mass is 16.5. The molecule has 1 aliphatic rings. The SMILES string of the molecule is COc1ccccc1C1(C(=O)O)CC(c2ccccc2)C1. The number of hydrogen-bond acceptors (Lipinski definition) is 2. The van der Waals surface area contributed by atoms with Crippen molar-refractivity contribution in [1.29, 1.82) is 0 Å². The minimum atomic E-state index is -0.826. The maximum absolute atomic E-state index is 11.9. The summed E-state index contributed by atoms with van der Waals surface area (Å²) in [6, 6.07) is 17.6. The predicted octanol–water partition coefficient (Wildman–Crippen LogP) is 3.60. The zero-order valence-electron chi connectivity index (χ0n) is 12.0. The van der Waals surface area contributed by atoms with Crippen molar-refractivity contribution in [2.24, 2.45) is 0 Å². The zero-order chi connectivity index (χ0) is 14.9. The van der Waals surface area contributed by atoms with E-state index in [1.54, 1.807) is 7.11 Å². The predicted molar refractivity (Wildman–Crippen MR) is 80.7 cm³/mol. The molecule has 1 saturated carbocycles. The van der Waals surface area contributed by atoms with Crippen molar-refractivity contribution in [2.45, 2.75) is 24.2 Å². The number of carboxylic acids is 1. The number of methoxy groups -OCH3 is 1. The summed E-state index contributed by atoms with van der Waals surface area (Å²) < 4.78 is 5.36. The summed E-state index contributed by atoms with van der Waals surface area (Å²) in [5.74, 6) is 0.192. The first-order chi connectivity index (χ1) is 10.2. The summed E-state index contributed by atoms with van der Waals surface area (Å²) in [5, 5.41) is 9.77. The summed E-state index contributed by atoms with van der Waals surface area (Å²) in [5.41, 5.74) is 1.17. The summed E-state index contributed by atoms with van der Waals surface area (Å²) in [4.78, 5) is 11.9. The third-order valence-electron chi connectivity index (χ3n) is 4.49. The first kappa shape index (κ1) is 13.7. The van der Waals surface area contributed by atoms with Crippen LogP contribution < -0.4 is 4.74 Å². The Bertz CT molecular complexity index is 643. The van der Waals surface area contributed by atoms with E-state index >= 15 is 0 Å². The minimum absolute atomic E-state index is 0.298. The Hall–Kier alpha value is -2.29. The van der Waals surface area contributed by atoms with E-state index in [2.05, 4.69) is 12.1 Å². The second kappa shape index (κ2) is 5.24. The molecule has 2 aromatic carbocycles. The van der Waals surface area contributed by atoms with Crippen molar-refractivity contribution >= 4 is 5.97 Å². The first-order valence-electron chi connectivity index (χ1n) is 7.09. The first-order valence-corrected chi connectivity index (χ1v) is 7.09. The molecule has 3 heteroatoms. The second-order valence-electron chi connectivity index (χ2n) is 5.60. The molecular weight excluding hydrogens is 264 g/mol. The number of ether oxygens (including phenoxy) is 1. The fourth-order valence-electron chi connectivity index (χ4n) is 3.29. The molecule has 1 fully saturated rings. The van der Waals surface area contributed by atoms with Crippen molar-refractivity contribution in [2.75, 3.05) is 7.11 Å². The van der Waals surface area contributed by atoms with Crippen LogP contribution in [0, 0.1) is 0 Å². The van der Waals surface area contributed by atoms with Crippen molar-refractivity contribution in [3.63, 3.8) is 0 Å². The Labute approximate surface area is 124 Å². The Morgan fingerprint density at radius 2 is 1.71 bits per heavy atom. The van der Waals surface area contributed by atoms with Gasteiger partial charge >= 0.3 is 5.97 Å². The van der Waals surface area contributed by atoms with Crippen LogP contribution in [0.1, 0.15) is 29.9 Å². The van der Waals surface area contributed by atoms with Crippen LogP contribution in [0.2, 0.25) is 0 Å². The lowest BCUT2D eigenvalue weighted by molar-refractivity contribution is -0.148. The normalized spacial score (nSPS) is 24.1. The number of carbonyl (C=O) groups is 1. The van der Waals surface area contributed by atoms with Crippen molar-refractivity contribution in [3.05, 3.63) is 65.7 Å². The van der Waals surface area contributed by atoms with Crippen LogP contribution in [-0.2, 0) is 10.2 Å². The lowest BCUT2D eigenvalue weighted by Gasteiger charge is -2.45. The van der Waals surface area contributed by atoms with Gasteiger partial charge in [-0.05, 0) is 30.4 Å². The molecular formula is C18H18O3. The average molecular weight is 282 g/mol. The molecule has 0 radical (unpaired) electrons. The number of rotatable bonds is 4. The lowest BCUT2D eigenvalue weighted by atomic mass is 9.56. The van der Waals surface area contributed by atoms with Crippen LogP contribution in [0.15, 0.2) is 54.6 Å². The average Bonchev–Trinajstić information content (AvgIpc) is 2.47. The number of para-hydroxylation sites is 1. The van der Waals surface area contributed by atoms with Crippen LogP contribution in [0.25, 0.3) is 0 Å². The molecule has 0 unspecified atom stereocenters. The number of carboxylic acid groups (broad SMARTS) is 1. The second-order valence-corrected chi connectivity index (χ2v) is 5.60. The van der Waals surface area contributed by atoms with Crippen molar-refractivity contribution in [3.8, 4) is 5.75 Å². The number of aliphatic carboxylic acids is 1. The number of hydrogen-bond donors (Lipinski definition) is 1. The van der Waals surface area contributed by atoms with Crippen LogP contribution in [0.5, 0.6) is 5.75 Å². The smallest absolute Gasteiger partial charge is 0.314 e. The third kappa shape index (κ3) is 2.19. The molecule has 108 valence electrons. The van der Waals surface area contributed by atoms with Crippen molar-refractivity contribution < 1.29 is 14.6 Å². The molecule has 0 atom stereocenters. The van der Waals surface area contributed by atoms with Gasteiger partial charge in [0.2, 0.25) is 0 Å². The van der Waals surface area contributed by atoms with Gasteiger partial charge in [-0.1, -0.05) is 48.5 Å². The van der Waals surface area contributed by atoms with Gasteiger partial charge in [-0.15, -0.1) is 0 Å². The Morgan fingerprint density at radius 3 is 2.33 bits per heavy atom. The fourth-order valence-corrected chi connectivity index (χ4v) is 3.29. The Morgan fingerprint density at radius 1 is 1.10 bits per heavy atom. The molecule has 0 aliphatic heterocycles. The van der Waals surface area contributed by atoms with E-state index < -0.39 is 11.4 Å². The molecule has 0 saturated heterocycles. The highest BCUT2D eigenvalue weighted by molar-refractivity contribution is 5.84. The van der Waals surface area contributed by atoms with E-state index in [-0.39, 0.29) is 0 Å².